The number of ether oxygens (including phenoxy) is 1. The predicted molar refractivity (Wildman–Crippen MR) is 66.8 cm³/mol. The van der Waals surface area contributed by atoms with Gasteiger partial charge in [-0.25, -0.2) is 0 Å². The molecule has 1 N–H and O–H groups in total. The molecule has 1 fully saturated rings. The molecule has 1 heterocycles. The summed E-state index contributed by atoms with van der Waals surface area (Å²) in [7, 11) is 1.73. The lowest BCUT2D eigenvalue weighted by Crippen LogP contribution is -2.24. The Hall–Kier alpha value is -1.02. The molecule has 2 heteroatoms. The molecular weight excluding hydrogens is 198 g/mol. The van der Waals surface area contributed by atoms with E-state index in [9.17, 15) is 0 Å². The molecule has 0 spiro atoms. The molecule has 0 aromatic heterocycles. The third-order valence-corrected chi connectivity index (χ3v) is 3.31. The van der Waals surface area contributed by atoms with Gasteiger partial charge in [-0.3, -0.25) is 0 Å². The zero-order chi connectivity index (χ0) is 11.2. The van der Waals surface area contributed by atoms with Crippen LogP contribution in [0.3, 0.4) is 0 Å². The molecule has 88 valence electrons. The number of benzene rings is 1. The first-order chi connectivity index (χ1) is 7.90. The molecular formula is C14H21NO. The normalized spacial score (nSPS) is 22.2. The van der Waals surface area contributed by atoms with E-state index in [1.54, 1.807) is 7.11 Å². The number of methoxy groups -OCH3 is 1. The summed E-state index contributed by atoms with van der Waals surface area (Å²) in [6, 6.07) is 8.94. The fraction of sp³-hybridized carbons (Fsp3) is 0.571. The molecule has 0 aliphatic carbocycles. The summed E-state index contributed by atoms with van der Waals surface area (Å²) < 4.78 is 5.27. The van der Waals surface area contributed by atoms with Crippen LogP contribution in [0.25, 0.3) is 0 Å². The van der Waals surface area contributed by atoms with Crippen LogP contribution in [0.4, 0.5) is 0 Å². The molecule has 2 rings (SSSR count). The van der Waals surface area contributed by atoms with E-state index in [0.29, 0.717) is 6.04 Å². The Bertz CT molecular complexity index is 316. The molecule has 1 saturated heterocycles. The number of nitrogens with one attached hydrogen (secondary N) is 1. The first-order valence-corrected chi connectivity index (χ1v) is 6.27. The van der Waals surface area contributed by atoms with E-state index in [1.165, 1.54) is 37.7 Å². The van der Waals surface area contributed by atoms with Crippen molar-refractivity contribution < 1.29 is 4.74 Å². The minimum Gasteiger partial charge on any atom is -0.497 e. The van der Waals surface area contributed by atoms with E-state index in [2.05, 4.69) is 23.5 Å². The molecule has 0 radical (unpaired) electrons. The van der Waals surface area contributed by atoms with Crippen molar-refractivity contribution in [2.24, 2.45) is 0 Å². The molecule has 0 amide bonds. The molecule has 1 aliphatic rings. The lowest BCUT2D eigenvalue weighted by Gasteiger charge is -2.22. The molecule has 0 bridgehead atoms. The van der Waals surface area contributed by atoms with Crippen molar-refractivity contribution in [3.8, 4) is 5.75 Å². The average molecular weight is 219 g/mol. The van der Waals surface area contributed by atoms with Gasteiger partial charge in [-0.1, -0.05) is 31.4 Å². The van der Waals surface area contributed by atoms with E-state index in [-0.39, 0.29) is 0 Å². The minimum absolute atomic E-state index is 0.510. The summed E-state index contributed by atoms with van der Waals surface area (Å²) in [4.78, 5) is 0. The van der Waals surface area contributed by atoms with Gasteiger partial charge in [0.15, 0.2) is 0 Å². The average Bonchev–Trinajstić information content (AvgIpc) is 2.29. The standard InChI is InChI=1S/C14H21NO/c1-16-13-8-6-7-12(11-13)14-9-4-2-3-5-10-15-14/h6-8,11,14-15H,2-5,9-10H2,1H3. The quantitative estimate of drug-likeness (QED) is 0.824. The van der Waals surface area contributed by atoms with Crippen molar-refractivity contribution in [1.82, 2.24) is 5.32 Å². The predicted octanol–water partition coefficient (Wildman–Crippen LogP) is 3.29. The highest BCUT2D eigenvalue weighted by Gasteiger charge is 2.12. The maximum atomic E-state index is 5.27. The van der Waals surface area contributed by atoms with Gasteiger partial charge < -0.3 is 10.1 Å². The van der Waals surface area contributed by atoms with Crippen molar-refractivity contribution in [1.29, 1.82) is 0 Å². The van der Waals surface area contributed by atoms with Gasteiger partial charge in [0.2, 0.25) is 0 Å². The third kappa shape index (κ3) is 2.99. The van der Waals surface area contributed by atoms with E-state index in [4.69, 9.17) is 4.74 Å². The Morgan fingerprint density at radius 3 is 2.94 bits per heavy atom. The summed E-state index contributed by atoms with van der Waals surface area (Å²) >= 11 is 0. The third-order valence-electron chi connectivity index (χ3n) is 3.31. The van der Waals surface area contributed by atoms with Crippen LogP contribution in [0.15, 0.2) is 24.3 Å². The Morgan fingerprint density at radius 1 is 1.19 bits per heavy atom. The van der Waals surface area contributed by atoms with Crippen LogP contribution in [-0.4, -0.2) is 13.7 Å². The second kappa shape index (κ2) is 5.90. The van der Waals surface area contributed by atoms with Gasteiger partial charge in [0.25, 0.3) is 0 Å². The topological polar surface area (TPSA) is 21.3 Å². The van der Waals surface area contributed by atoms with Crippen molar-refractivity contribution >= 4 is 0 Å². The van der Waals surface area contributed by atoms with Crippen molar-refractivity contribution in [3.63, 3.8) is 0 Å². The first kappa shape index (κ1) is 11.5. The Kier molecular flexibility index (Phi) is 4.23. The second-order valence-electron chi connectivity index (χ2n) is 4.49. The van der Waals surface area contributed by atoms with Gasteiger partial charge in [-0.2, -0.15) is 0 Å². The van der Waals surface area contributed by atoms with Gasteiger partial charge >= 0.3 is 0 Å². The van der Waals surface area contributed by atoms with Crippen molar-refractivity contribution in [2.75, 3.05) is 13.7 Å². The van der Waals surface area contributed by atoms with Crippen molar-refractivity contribution in [3.05, 3.63) is 29.8 Å². The van der Waals surface area contributed by atoms with E-state index in [1.807, 2.05) is 6.07 Å². The summed E-state index contributed by atoms with van der Waals surface area (Å²) in [6.45, 7) is 1.14. The van der Waals surface area contributed by atoms with Crippen molar-refractivity contribution in [2.45, 2.75) is 38.1 Å². The minimum atomic E-state index is 0.510. The summed E-state index contributed by atoms with van der Waals surface area (Å²) in [6.07, 6.45) is 6.63. The van der Waals surface area contributed by atoms with Crippen LogP contribution in [0, 0.1) is 0 Å². The lowest BCUT2D eigenvalue weighted by molar-refractivity contribution is 0.407. The Labute approximate surface area is 98.0 Å². The van der Waals surface area contributed by atoms with Gasteiger partial charge in [0.05, 0.1) is 7.11 Å². The highest BCUT2D eigenvalue weighted by Crippen LogP contribution is 2.25. The van der Waals surface area contributed by atoms with Gasteiger partial charge in [-0.15, -0.1) is 0 Å². The number of rotatable bonds is 2. The maximum Gasteiger partial charge on any atom is 0.119 e. The molecule has 1 aliphatic heterocycles. The fourth-order valence-electron chi connectivity index (χ4n) is 2.35. The molecule has 0 saturated carbocycles. The maximum absolute atomic E-state index is 5.27. The number of hydrogen-bond donors (Lipinski definition) is 1. The molecule has 1 aromatic carbocycles. The molecule has 1 atom stereocenters. The van der Waals surface area contributed by atoms with Gasteiger partial charge in [0.1, 0.15) is 5.75 Å². The first-order valence-electron chi connectivity index (χ1n) is 6.27. The monoisotopic (exact) mass is 219 g/mol. The van der Waals surface area contributed by atoms with Crippen LogP contribution in [0.5, 0.6) is 5.75 Å². The van der Waals surface area contributed by atoms with Crippen LogP contribution < -0.4 is 10.1 Å². The summed E-state index contributed by atoms with van der Waals surface area (Å²) in [5.41, 5.74) is 1.36. The number of hydrogen-bond acceptors (Lipinski definition) is 2. The second-order valence-corrected chi connectivity index (χ2v) is 4.49. The van der Waals surface area contributed by atoms with E-state index < -0.39 is 0 Å². The fourth-order valence-corrected chi connectivity index (χ4v) is 2.35. The highest BCUT2D eigenvalue weighted by atomic mass is 16.5. The van der Waals surface area contributed by atoms with E-state index >= 15 is 0 Å². The van der Waals surface area contributed by atoms with Gasteiger partial charge in [0, 0.05) is 6.04 Å². The molecule has 1 unspecified atom stereocenters. The summed E-state index contributed by atoms with van der Waals surface area (Å²) in [5.74, 6) is 0.960. The Balaban J connectivity index is 2.07. The summed E-state index contributed by atoms with van der Waals surface area (Å²) in [5, 5.41) is 3.63. The molecule has 16 heavy (non-hydrogen) atoms. The molecule has 2 nitrogen and oxygen atoms in total. The van der Waals surface area contributed by atoms with Crippen LogP contribution >= 0.6 is 0 Å². The van der Waals surface area contributed by atoms with E-state index in [0.717, 1.165) is 12.3 Å². The zero-order valence-electron chi connectivity index (χ0n) is 10.0. The Morgan fingerprint density at radius 2 is 2.06 bits per heavy atom. The lowest BCUT2D eigenvalue weighted by atomic mass is 9.97. The SMILES string of the molecule is COc1cccc(C2CCCCCCN2)c1. The smallest absolute Gasteiger partial charge is 0.119 e. The van der Waals surface area contributed by atoms with Gasteiger partial charge in [-0.05, 0) is 37.1 Å². The largest absolute Gasteiger partial charge is 0.497 e. The van der Waals surface area contributed by atoms with Crippen LogP contribution in [0.1, 0.15) is 43.7 Å². The van der Waals surface area contributed by atoms with Crippen LogP contribution in [-0.2, 0) is 0 Å². The zero-order valence-corrected chi connectivity index (χ0v) is 10.0. The highest BCUT2D eigenvalue weighted by molar-refractivity contribution is 5.30. The molecule has 1 aromatic rings. The van der Waals surface area contributed by atoms with Crippen LogP contribution in [0.2, 0.25) is 0 Å².